The van der Waals surface area contributed by atoms with Gasteiger partial charge in [-0.1, -0.05) is 40.2 Å². The van der Waals surface area contributed by atoms with Crippen molar-refractivity contribution in [3.8, 4) is 0 Å². The molecular formula is C18H21BrN2O3S. The lowest BCUT2D eigenvalue weighted by atomic mass is 10.2. The zero-order valence-electron chi connectivity index (χ0n) is 13.8. The Labute approximate surface area is 157 Å². The van der Waals surface area contributed by atoms with Crippen LogP contribution >= 0.6 is 15.9 Å². The van der Waals surface area contributed by atoms with Crippen LogP contribution in [-0.4, -0.2) is 34.7 Å². The molecule has 0 radical (unpaired) electrons. The lowest BCUT2D eigenvalue weighted by Gasteiger charge is -2.28. The summed E-state index contributed by atoms with van der Waals surface area (Å²) in [7, 11) is -3.37. The summed E-state index contributed by atoms with van der Waals surface area (Å²) < 4.78 is 33.4. The first-order valence-electron chi connectivity index (χ1n) is 8.15. The quantitative estimate of drug-likeness (QED) is 0.774. The summed E-state index contributed by atoms with van der Waals surface area (Å²) in [6.45, 7) is 3.57. The molecule has 1 aliphatic rings. The van der Waals surface area contributed by atoms with E-state index in [0.29, 0.717) is 6.54 Å². The third kappa shape index (κ3) is 5.54. The van der Waals surface area contributed by atoms with Gasteiger partial charge in [-0.15, -0.1) is 0 Å². The van der Waals surface area contributed by atoms with Crippen molar-refractivity contribution in [3.05, 3.63) is 64.1 Å². The molecule has 0 saturated carbocycles. The number of nitrogens with one attached hydrogen (secondary N) is 1. The van der Waals surface area contributed by atoms with Crippen LogP contribution in [0.15, 0.2) is 53.0 Å². The van der Waals surface area contributed by atoms with Crippen LogP contribution in [0.3, 0.4) is 0 Å². The first-order chi connectivity index (χ1) is 12.0. The highest BCUT2D eigenvalue weighted by molar-refractivity contribution is 9.10. The Morgan fingerprint density at radius 1 is 0.960 bits per heavy atom. The second kappa shape index (κ2) is 8.31. The van der Waals surface area contributed by atoms with Crippen LogP contribution in [0.2, 0.25) is 0 Å². The molecule has 0 aliphatic carbocycles. The Kier molecular flexibility index (Phi) is 6.11. The van der Waals surface area contributed by atoms with Crippen molar-refractivity contribution in [1.82, 2.24) is 4.72 Å². The SMILES string of the molecule is O=S(=O)(Cc1ccc(Br)cc1)NCc1ccc(N2CCOCC2)cc1. The summed E-state index contributed by atoms with van der Waals surface area (Å²) in [4.78, 5) is 2.27. The van der Waals surface area contributed by atoms with Gasteiger partial charge in [0.1, 0.15) is 0 Å². The third-order valence-corrected chi connectivity index (χ3v) is 5.90. The van der Waals surface area contributed by atoms with Crippen molar-refractivity contribution in [2.24, 2.45) is 0 Å². The van der Waals surface area contributed by atoms with Gasteiger partial charge in [-0.05, 0) is 35.4 Å². The van der Waals surface area contributed by atoms with E-state index in [9.17, 15) is 8.42 Å². The molecule has 0 aromatic heterocycles. The van der Waals surface area contributed by atoms with Gasteiger partial charge < -0.3 is 9.64 Å². The van der Waals surface area contributed by atoms with E-state index in [1.165, 1.54) is 0 Å². The van der Waals surface area contributed by atoms with Crippen molar-refractivity contribution >= 4 is 31.6 Å². The van der Waals surface area contributed by atoms with Crippen LogP contribution < -0.4 is 9.62 Å². The van der Waals surface area contributed by atoms with Crippen molar-refractivity contribution in [2.45, 2.75) is 12.3 Å². The lowest BCUT2D eigenvalue weighted by molar-refractivity contribution is 0.122. The zero-order chi connectivity index (χ0) is 17.7. The maximum atomic E-state index is 12.2. The molecule has 1 saturated heterocycles. The summed E-state index contributed by atoms with van der Waals surface area (Å²) in [5.41, 5.74) is 2.85. The fourth-order valence-electron chi connectivity index (χ4n) is 2.69. The summed E-state index contributed by atoms with van der Waals surface area (Å²) in [5, 5.41) is 0. The highest BCUT2D eigenvalue weighted by Crippen LogP contribution is 2.17. The second-order valence-corrected chi connectivity index (χ2v) is 8.70. The monoisotopic (exact) mass is 424 g/mol. The number of rotatable bonds is 6. The van der Waals surface area contributed by atoms with E-state index in [4.69, 9.17) is 4.74 Å². The van der Waals surface area contributed by atoms with Gasteiger partial charge in [0.25, 0.3) is 0 Å². The standard InChI is InChI=1S/C18H21BrN2O3S/c19-17-5-1-16(2-6-17)14-25(22,23)20-13-15-3-7-18(8-4-15)21-9-11-24-12-10-21/h1-8,20H,9-14H2. The van der Waals surface area contributed by atoms with E-state index in [-0.39, 0.29) is 5.75 Å². The normalized spacial score (nSPS) is 15.3. The zero-order valence-corrected chi connectivity index (χ0v) is 16.2. The molecule has 2 aromatic rings. The van der Waals surface area contributed by atoms with Gasteiger partial charge in [0.15, 0.2) is 0 Å². The number of hydrogen-bond acceptors (Lipinski definition) is 4. The number of sulfonamides is 1. The van der Waals surface area contributed by atoms with Crippen molar-refractivity contribution in [2.75, 3.05) is 31.2 Å². The lowest BCUT2D eigenvalue weighted by Crippen LogP contribution is -2.36. The number of benzene rings is 2. The molecule has 3 rings (SSSR count). The molecule has 134 valence electrons. The minimum Gasteiger partial charge on any atom is -0.378 e. The molecule has 1 heterocycles. The molecular weight excluding hydrogens is 404 g/mol. The predicted molar refractivity (Wildman–Crippen MR) is 103 cm³/mol. The third-order valence-electron chi connectivity index (χ3n) is 4.08. The summed E-state index contributed by atoms with van der Waals surface area (Å²) in [6, 6.07) is 15.3. The fourth-order valence-corrected chi connectivity index (χ4v) is 4.07. The summed E-state index contributed by atoms with van der Waals surface area (Å²) in [5.74, 6) is -0.0217. The largest absolute Gasteiger partial charge is 0.378 e. The molecule has 0 unspecified atom stereocenters. The van der Waals surface area contributed by atoms with E-state index in [1.807, 2.05) is 36.4 Å². The molecule has 2 aromatic carbocycles. The van der Waals surface area contributed by atoms with Gasteiger partial charge in [0, 0.05) is 29.8 Å². The number of hydrogen-bond donors (Lipinski definition) is 1. The van der Waals surface area contributed by atoms with E-state index in [2.05, 4.69) is 25.6 Å². The highest BCUT2D eigenvalue weighted by Gasteiger charge is 2.13. The van der Waals surface area contributed by atoms with Crippen LogP contribution in [0.4, 0.5) is 5.69 Å². The molecule has 0 amide bonds. The van der Waals surface area contributed by atoms with Gasteiger partial charge in [0.05, 0.1) is 19.0 Å². The number of halogens is 1. The Morgan fingerprint density at radius 3 is 2.20 bits per heavy atom. The van der Waals surface area contributed by atoms with E-state index < -0.39 is 10.0 Å². The maximum Gasteiger partial charge on any atom is 0.216 e. The average molecular weight is 425 g/mol. The molecule has 25 heavy (non-hydrogen) atoms. The van der Waals surface area contributed by atoms with Crippen LogP contribution in [0.5, 0.6) is 0 Å². The molecule has 0 spiro atoms. The van der Waals surface area contributed by atoms with Crippen LogP contribution in [0.1, 0.15) is 11.1 Å². The topological polar surface area (TPSA) is 58.6 Å². The molecule has 5 nitrogen and oxygen atoms in total. The molecule has 0 atom stereocenters. The minimum atomic E-state index is -3.37. The summed E-state index contributed by atoms with van der Waals surface area (Å²) in [6.07, 6.45) is 0. The Bertz CT molecular complexity index is 786. The number of anilines is 1. The smallest absolute Gasteiger partial charge is 0.216 e. The van der Waals surface area contributed by atoms with E-state index in [1.54, 1.807) is 12.1 Å². The maximum absolute atomic E-state index is 12.2. The first-order valence-corrected chi connectivity index (χ1v) is 10.6. The Hall–Kier alpha value is -1.41. The molecule has 1 fully saturated rings. The van der Waals surface area contributed by atoms with Crippen molar-refractivity contribution in [3.63, 3.8) is 0 Å². The summed E-state index contributed by atoms with van der Waals surface area (Å²) >= 11 is 3.35. The highest BCUT2D eigenvalue weighted by atomic mass is 79.9. The van der Waals surface area contributed by atoms with Gasteiger partial charge in [0.2, 0.25) is 10.0 Å². The van der Waals surface area contributed by atoms with E-state index >= 15 is 0 Å². The predicted octanol–water partition coefficient (Wildman–Crippen LogP) is 2.91. The number of ether oxygens (including phenoxy) is 1. The van der Waals surface area contributed by atoms with Gasteiger partial charge in [-0.25, -0.2) is 13.1 Å². The average Bonchev–Trinajstić information content (AvgIpc) is 2.63. The Balaban J connectivity index is 1.55. The Morgan fingerprint density at radius 2 is 1.56 bits per heavy atom. The molecule has 1 N–H and O–H groups in total. The van der Waals surface area contributed by atoms with Gasteiger partial charge in [-0.3, -0.25) is 0 Å². The van der Waals surface area contributed by atoms with Crippen LogP contribution in [0.25, 0.3) is 0 Å². The van der Waals surface area contributed by atoms with Crippen LogP contribution in [0, 0.1) is 0 Å². The molecule has 0 bridgehead atoms. The first kappa shape index (κ1) is 18.4. The minimum absolute atomic E-state index is 0.0217. The molecule has 7 heteroatoms. The number of nitrogens with zero attached hydrogens (tertiary/aromatic N) is 1. The fraction of sp³-hybridized carbons (Fsp3) is 0.333. The van der Waals surface area contributed by atoms with E-state index in [0.717, 1.165) is 47.6 Å². The van der Waals surface area contributed by atoms with Crippen molar-refractivity contribution in [1.29, 1.82) is 0 Å². The van der Waals surface area contributed by atoms with Crippen molar-refractivity contribution < 1.29 is 13.2 Å². The van der Waals surface area contributed by atoms with Crippen LogP contribution in [-0.2, 0) is 27.1 Å². The second-order valence-electron chi connectivity index (χ2n) is 5.97. The number of morpholine rings is 1. The molecule has 1 aliphatic heterocycles. The van der Waals surface area contributed by atoms with Gasteiger partial charge in [-0.2, -0.15) is 0 Å². The van der Waals surface area contributed by atoms with Gasteiger partial charge >= 0.3 is 0 Å².